The van der Waals surface area contributed by atoms with Crippen LogP contribution < -0.4 is 5.32 Å². The second kappa shape index (κ2) is 5.50. The van der Waals surface area contributed by atoms with Crippen LogP contribution in [0, 0.1) is 17.8 Å². The molecule has 0 heterocycles. The minimum atomic E-state index is -0.00901. The monoisotopic (exact) mass is 225 g/mol. The molecular formula is C14H27NO. The van der Waals surface area contributed by atoms with Crippen molar-refractivity contribution in [2.45, 2.75) is 64.5 Å². The van der Waals surface area contributed by atoms with Gasteiger partial charge >= 0.3 is 0 Å². The lowest BCUT2D eigenvalue weighted by Gasteiger charge is -2.39. The van der Waals surface area contributed by atoms with Crippen molar-refractivity contribution in [3.05, 3.63) is 0 Å². The third kappa shape index (κ3) is 3.21. The van der Waals surface area contributed by atoms with E-state index in [1.165, 1.54) is 32.2 Å². The summed E-state index contributed by atoms with van der Waals surface area (Å²) < 4.78 is 0. The predicted octanol–water partition coefficient (Wildman–Crippen LogP) is 2.56. The zero-order valence-corrected chi connectivity index (χ0v) is 10.8. The van der Waals surface area contributed by atoms with Gasteiger partial charge in [0.15, 0.2) is 0 Å². The van der Waals surface area contributed by atoms with Crippen LogP contribution in [0.25, 0.3) is 0 Å². The highest BCUT2D eigenvalue weighted by Gasteiger charge is 2.31. The van der Waals surface area contributed by atoms with Crippen LogP contribution in [0.2, 0.25) is 0 Å². The second-order valence-electron chi connectivity index (χ2n) is 6.26. The van der Waals surface area contributed by atoms with Gasteiger partial charge in [0.2, 0.25) is 0 Å². The van der Waals surface area contributed by atoms with Crippen LogP contribution in [-0.4, -0.2) is 23.8 Å². The molecule has 2 N–H and O–H groups in total. The van der Waals surface area contributed by atoms with Crippen molar-refractivity contribution in [2.24, 2.45) is 17.8 Å². The van der Waals surface area contributed by atoms with E-state index < -0.39 is 0 Å². The van der Waals surface area contributed by atoms with Crippen LogP contribution in [0.4, 0.5) is 0 Å². The normalized spacial score (nSPS) is 39.8. The fourth-order valence-electron chi connectivity index (χ4n) is 3.06. The summed E-state index contributed by atoms with van der Waals surface area (Å²) in [5.41, 5.74) is 0. The minimum absolute atomic E-state index is 0.00901. The molecular weight excluding hydrogens is 198 g/mol. The Bertz CT molecular complexity index is 203. The Kier molecular flexibility index (Phi) is 4.26. The third-order valence-electron chi connectivity index (χ3n) is 4.63. The molecule has 2 aliphatic carbocycles. The summed E-state index contributed by atoms with van der Waals surface area (Å²) in [4.78, 5) is 0. The molecule has 2 saturated carbocycles. The van der Waals surface area contributed by atoms with Crippen LogP contribution in [0.15, 0.2) is 0 Å². The highest BCUT2D eigenvalue weighted by Crippen LogP contribution is 2.34. The summed E-state index contributed by atoms with van der Waals surface area (Å²) >= 11 is 0. The van der Waals surface area contributed by atoms with E-state index in [-0.39, 0.29) is 6.10 Å². The van der Waals surface area contributed by atoms with E-state index in [4.69, 9.17) is 0 Å². The lowest BCUT2D eigenvalue weighted by atomic mass is 9.73. The van der Waals surface area contributed by atoms with Gasteiger partial charge in [-0.3, -0.25) is 0 Å². The lowest BCUT2D eigenvalue weighted by molar-refractivity contribution is 0.102. The maximum absolute atomic E-state index is 9.44. The Morgan fingerprint density at radius 1 is 1.12 bits per heavy atom. The van der Waals surface area contributed by atoms with Crippen molar-refractivity contribution in [2.75, 3.05) is 6.54 Å². The predicted molar refractivity (Wildman–Crippen MR) is 67.3 cm³/mol. The molecule has 0 atom stereocenters. The van der Waals surface area contributed by atoms with Gasteiger partial charge in [-0.2, -0.15) is 0 Å². The first-order chi connectivity index (χ1) is 7.65. The molecule has 2 heteroatoms. The molecule has 94 valence electrons. The molecule has 0 amide bonds. The molecule has 2 aliphatic rings. The van der Waals surface area contributed by atoms with Gasteiger partial charge < -0.3 is 10.4 Å². The molecule has 0 saturated heterocycles. The van der Waals surface area contributed by atoms with E-state index in [9.17, 15) is 5.11 Å². The highest BCUT2D eigenvalue weighted by atomic mass is 16.3. The van der Waals surface area contributed by atoms with E-state index in [1.807, 2.05) is 0 Å². The Morgan fingerprint density at radius 3 is 2.31 bits per heavy atom. The summed E-state index contributed by atoms with van der Waals surface area (Å²) in [6, 6.07) is 0.791. The Morgan fingerprint density at radius 2 is 1.75 bits per heavy atom. The van der Waals surface area contributed by atoms with Gasteiger partial charge in [0.1, 0.15) is 0 Å². The summed E-state index contributed by atoms with van der Waals surface area (Å²) in [7, 11) is 0. The quantitative estimate of drug-likeness (QED) is 0.770. The zero-order valence-electron chi connectivity index (χ0n) is 10.8. The second-order valence-corrected chi connectivity index (χ2v) is 6.26. The summed E-state index contributed by atoms with van der Waals surface area (Å²) in [5, 5.41) is 13.1. The van der Waals surface area contributed by atoms with Crippen LogP contribution in [-0.2, 0) is 0 Å². The van der Waals surface area contributed by atoms with E-state index in [0.717, 1.165) is 36.6 Å². The first-order valence-corrected chi connectivity index (χ1v) is 7.06. The van der Waals surface area contributed by atoms with Crippen molar-refractivity contribution < 1.29 is 5.11 Å². The molecule has 0 aromatic carbocycles. The van der Waals surface area contributed by atoms with Gasteiger partial charge in [-0.25, -0.2) is 0 Å². The van der Waals surface area contributed by atoms with Crippen molar-refractivity contribution in [1.82, 2.24) is 5.32 Å². The van der Waals surface area contributed by atoms with Gasteiger partial charge in [-0.15, -0.1) is 0 Å². The number of aliphatic hydroxyl groups excluding tert-OH is 1. The standard InChI is InChI=1S/C14H27NO/c1-10(2)12-7-13(8-12)15-9-11-3-5-14(16)6-4-11/h10-16H,3-9H2,1-2H3. The third-order valence-corrected chi connectivity index (χ3v) is 4.63. The number of aliphatic hydroxyl groups is 1. The van der Waals surface area contributed by atoms with Crippen LogP contribution in [0.5, 0.6) is 0 Å². The van der Waals surface area contributed by atoms with Crippen molar-refractivity contribution in [3.63, 3.8) is 0 Å². The molecule has 0 spiro atoms. The highest BCUT2D eigenvalue weighted by molar-refractivity contribution is 4.87. The fraction of sp³-hybridized carbons (Fsp3) is 1.00. The molecule has 2 fully saturated rings. The molecule has 0 aromatic rings. The number of hydrogen-bond donors (Lipinski definition) is 2. The summed E-state index contributed by atoms with van der Waals surface area (Å²) in [6.45, 7) is 5.86. The molecule has 16 heavy (non-hydrogen) atoms. The Labute approximate surface area is 99.8 Å². The van der Waals surface area contributed by atoms with Crippen LogP contribution in [0.3, 0.4) is 0 Å². The first kappa shape index (κ1) is 12.4. The van der Waals surface area contributed by atoms with Gasteiger partial charge in [0.25, 0.3) is 0 Å². The van der Waals surface area contributed by atoms with Crippen molar-refractivity contribution >= 4 is 0 Å². The summed E-state index contributed by atoms with van der Waals surface area (Å²) in [5.74, 6) is 2.65. The number of rotatable bonds is 4. The fourth-order valence-corrected chi connectivity index (χ4v) is 3.06. The van der Waals surface area contributed by atoms with Crippen molar-refractivity contribution in [1.29, 1.82) is 0 Å². The van der Waals surface area contributed by atoms with Gasteiger partial charge in [-0.1, -0.05) is 13.8 Å². The Hall–Kier alpha value is -0.0800. The molecule has 0 aromatic heterocycles. The molecule has 0 aliphatic heterocycles. The van der Waals surface area contributed by atoms with Crippen LogP contribution in [0.1, 0.15) is 52.4 Å². The average Bonchev–Trinajstić information content (AvgIpc) is 2.18. The van der Waals surface area contributed by atoms with E-state index in [1.54, 1.807) is 0 Å². The number of hydrogen-bond acceptors (Lipinski definition) is 2. The molecule has 0 unspecified atom stereocenters. The average molecular weight is 225 g/mol. The number of nitrogens with one attached hydrogen (secondary N) is 1. The molecule has 0 radical (unpaired) electrons. The van der Waals surface area contributed by atoms with E-state index in [0.29, 0.717) is 0 Å². The van der Waals surface area contributed by atoms with Gasteiger partial charge in [-0.05, 0) is 62.8 Å². The molecule has 2 rings (SSSR count). The molecule has 2 nitrogen and oxygen atoms in total. The minimum Gasteiger partial charge on any atom is -0.393 e. The smallest absolute Gasteiger partial charge is 0.0540 e. The van der Waals surface area contributed by atoms with Gasteiger partial charge in [0.05, 0.1) is 6.10 Å². The first-order valence-electron chi connectivity index (χ1n) is 7.06. The zero-order chi connectivity index (χ0) is 11.5. The summed E-state index contributed by atoms with van der Waals surface area (Å²) in [6.07, 6.45) is 7.23. The van der Waals surface area contributed by atoms with Gasteiger partial charge in [0, 0.05) is 6.04 Å². The Balaban J connectivity index is 1.56. The maximum atomic E-state index is 9.44. The van der Waals surface area contributed by atoms with E-state index >= 15 is 0 Å². The lowest BCUT2D eigenvalue weighted by Crippen LogP contribution is -2.45. The van der Waals surface area contributed by atoms with Crippen LogP contribution >= 0.6 is 0 Å². The topological polar surface area (TPSA) is 32.3 Å². The van der Waals surface area contributed by atoms with E-state index in [2.05, 4.69) is 19.2 Å². The van der Waals surface area contributed by atoms with Crippen molar-refractivity contribution in [3.8, 4) is 0 Å². The SMILES string of the molecule is CC(C)C1CC(NCC2CCC(O)CC2)C1. The molecule has 0 bridgehead atoms. The largest absolute Gasteiger partial charge is 0.393 e. The maximum Gasteiger partial charge on any atom is 0.0540 e.